The molecule has 0 aromatic heterocycles. The molecule has 0 radical (unpaired) electrons. The SMILES string of the molecule is OCC1(c2ccc(O)c(O)c2)CCC1. The Bertz CT molecular complexity index is 337. The summed E-state index contributed by atoms with van der Waals surface area (Å²) in [6.45, 7) is 0.108. The van der Waals surface area contributed by atoms with E-state index in [1.807, 2.05) is 0 Å². The van der Waals surface area contributed by atoms with Gasteiger partial charge in [-0.3, -0.25) is 0 Å². The Labute approximate surface area is 82.6 Å². The Hall–Kier alpha value is -1.22. The van der Waals surface area contributed by atoms with Gasteiger partial charge in [-0.2, -0.15) is 0 Å². The van der Waals surface area contributed by atoms with Crippen LogP contribution in [0.1, 0.15) is 24.8 Å². The van der Waals surface area contributed by atoms with Crippen LogP contribution in [0.3, 0.4) is 0 Å². The molecule has 0 atom stereocenters. The van der Waals surface area contributed by atoms with Crippen LogP contribution in [0.5, 0.6) is 11.5 Å². The van der Waals surface area contributed by atoms with Crippen LogP contribution in [0.4, 0.5) is 0 Å². The second kappa shape index (κ2) is 3.17. The maximum Gasteiger partial charge on any atom is 0.157 e. The lowest BCUT2D eigenvalue weighted by molar-refractivity contribution is 0.120. The highest BCUT2D eigenvalue weighted by molar-refractivity contribution is 5.44. The summed E-state index contributed by atoms with van der Waals surface area (Å²) < 4.78 is 0. The molecule has 0 heterocycles. The first kappa shape index (κ1) is 9.34. The Balaban J connectivity index is 2.36. The molecule has 1 aliphatic carbocycles. The van der Waals surface area contributed by atoms with Crippen molar-refractivity contribution in [2.24, 2.45) is 0 Å². The molecule has 3 N–H and O–H groups in total. The third-order valence-electron chi connectivity index (χ3n) is 3.20. The van der Waals surface area contributed by atoms with Gasteiger partial charge in [0.05, 0.1) is 6.61 Å². The van der Waals surface area contributed by atoms with Gasteiger partial charge < -0.3 is 15.3 Å². The molecule has 1 aromatic carbocycles. The zero-order valence-electron chi connectivity index (χ0n) is 7.90. The van der Waals surface area contributed by atoms with Gasteiger partial charge in [0.1, 0.15) is 0 Å². The van der Waals surface area contributed by atoms with Gasteiger partial charge in [0.2, 0.25) is 0 Å². The van der Waals surface area contributed by atoms with Gasteiger partial charge in [-0.15, -0.1) is 0 Å². The molecule has 3 heteroatoms. The van der Waals surface area contributed by atoms with Gasteiger partial charge in [0.15, 0.2) is 11.5 Å². The molecule has 14 heavy (non-hydrogen) atoms. The van der Waals surface area contributed by atoms with Crippen molar-refractivity contribution in [3.63, 3.8) is 0 Å². The second-order valence-corrected chi connectivity index (χ2v) is 4.00. The minimum absolute atomic E-state index is 0.108. The van der Waals surface area contributed by atoms with Gasteiger partial charge >= 0.3 is 0 Å². The summed E-state index contributed by atoms with van der Waals surface area (Å²) in [5.74, 6) is -0.219. The molecular weight excluding hydrogens is 180 g/mol. The molecular formula is C11H14O3. The number of phenolic OH excluding ortho intramolecular Hbond substituents is 2. The third kappa shape index (κ3) is 1.24. The quantitative estimate of drug-likeness (QED) is 0.625. The maximum atomic E-state index is 9.35. The molecule has 0 aliphatic heterocycles. The summed E-state index contributed by atoms with van der Waals surface area (Å²) in [4.78, 5) is 0. The smallest absolute Gasteiger partial charge is 0.157 e. The van der Waals surface area contributed by atoms with Crippen molar-refractivity contribution in [1.29, 1.82) is 0 Å². The topological polar surface area (TPSA) is 60.7 Å². The third-order valence-corrected chi connectivity index (χ3v) is 3.20. The average molecular weight is 194 g/mol. The first-order chi connectivity index (χ1) is 6.68. The number of hydrogen-bond acceptors (Lipinski definition) is 3. The molecule has 1 aliphatic rings. The lowest BCUT2D eigenvalue weighted by atomic mass is 9.65. The van der Waals surface area contributed by atoms with Crippen LogP contribution >= 0.6 is 0 Å². The van der Waals surface area contributed by atoms with Crippen LogP contribution in [0, 0.1) is 0 Å². The number of aliphatic hydroxyl groups is 1. The van der Waals surface area contributed by atoms with E-state index in [2.05, 4.69) is 0 Å². The monoisotopic (exact) mass is 194 g/mol. The van der Waals surface area contributed by atoms with E-state index in [-0.39, 0.29) is 23.5 Å². The van der Waals surface area contributed by atoms with Gasteiger partial charge in [-0.25, -0.2) is 0 Å². The van der Waals surface area contributed by atoms with Crippen LogP contribution in [0.15, 0.2) is 18.2 Å². The lowest BCUT2D eigenvalue weighted by Gasteiger charge is -2.40. The van der Waals surface area contributed by atoms with Crippen molar-refractivity contribution in [1.82, 2.24) is 0 Å². The number of rotatable bonds is 2. The molecule has 76 valence electrons. The average Bonchev–Trinajstić information content (AvgIpc) is 2.10. The highest BCUT2D eigenvalue weighted by Crippen LogP contribution is 2.44. The fraction of sp³-hybridized carbons (Fsp3) is 0.455. The highest BCUT2D eigenvalue weighted by atomic mass is 16.3. The van der Waals surface area contributed by atoms with Crippen molar-refractivity contribution in [2.45, 2.75) is 24.7 Å². The fourth-order valence-electron chi connectivity index (χ4n) is 1.99. The lowest BCUT2D eigenvalue weighted by Crippen LogP contribution is -2.37. The molecule has 1 fully saturated rings. The fourth-order valence-corrected chi connectivity index (χ4v) is 1.99. The summed E-state index contributed by atoms with van der Waals surface area (Å²) in [5, 5.41) is 27.8. The molecule has 1 saturated carbocycles. The first-order valence-corrected chi connectivity index (χ1v) is 4.81. The maximum absolute atomic E-state index is 9.35. The number of aliphatic hydroxyl groups excluding tert-OH is 1. The highest BCUT2D eigenvalue weighted by Gasteiger charge is 2.38. The molecule has 2 rings (SSSR count). The van der Waals surface area contributed by atoms with Crippen LogP contribution < -0.4 is 0 Å². The summed E-state index contributed by atoms with van der Waals surface area (Å²) in [6.07, 6.45) is 3.02. The minimum Gasteiger partial charge on any atom is -0.504 e. The molecule has 0 saturated heterocycles. The molecule has 0 bridgehead atoms. The van der Waals surface area contributed by atoms with Crippen molar-refractivity contribution in [3.8, 4) is 11.5 Å². The van der Waals surface area contributed by atoms with Gasteiger partial charge in [0, 0.05) is 5.41 Å². The van der Waals surface area contributed by atoms with Crippen molar-refractivity contribution in [3.05, 3.63) is 23.8 Å². The number of phenols is 2. The molecule has 3 nitrogen and oxygen atoms in total. The number of aromatic hydroxyl groups is 2. The summed E-state index contributed by atoms with van der Waals surface area (Å²) >= 11 is 0. The number of benzene rings is 1. The van der Waals surface area contributed by atoms with Gasteiger partial charge in [-0.05, 0) is 30.5 Å². The van der Waals surface area contributed by atoms with Gasteiger partial charge in [-0.1, -0.05) is 12.5 Å². The van der Waals surface area contributed by atoms with E-state index in [1.54, 1.807) is 12.1 Å². The van der Waals surface area contributed by atoms with E-state index in [1.165, 1.54) is 6.07 Å². The summed E-state index contributed by atoms with van der Waals surface area (Å²) in [5.41, 5.74) is 0.743. The van der Waals surface area contributed by atoms with Crippen molar-refractivity contribution < 1.29 is 15.3 Å². The normalized spacial score (nSPS) is 18.9. The summed E-state index contributed by atoms with van der Waals surface area (Å²) in [7, 11) is 0. The first-order valence-electron chi connectivity index (χ1n) is 4.81. The van der Waals surface area contributed by atoms with Gasteiger partial charge in [0.25, 0.3) is 0 Å². The second-order valence-electron chi connectivity index (χ2n) is 4.00. The predicted octanol–water partition coefficient (Wildman–Crippen LogP) is 1.51. The molecule has 0 amide bonds. The standard InChI is InChI=1S/C11H14O3/c12-7-11(4-1-5-11)8-2-3-9(13)10(14)6-8/h2-3,6,12-14H,1,4-5,7H2. The van der Waals surface area contributed by atoms with E-state index in [4.69, 9.17) is 5.11 Å². The Morgan fingerprint density at radius 2 is 1.86 bits per heavy atom. The Morgan fingerprint density at radius 3 is 2.29 bits per heavy atom. The largest absolute Gasteiger partial charge is 0.504 e. The summed E-state index contributed by atoms with van der Waals surface area (Å²) in [6, 6.07) is 4.79. The molecule has 0 unspecified atom stereocenters. The van der Waals surface area contributed by atoms with E-state index in [0.29, 0.717) is 0 Å². The van der Waals surface area contributed by atoms with Crippen LogP contribution in [0.25, 0.3) is 0 Å². The van der Waals surface area contributed by atoms with Crippen LogP contribution in [0.2, 0.25) is 0 Å². The van der Waals surface area contributed by atoms with Crippen LogP contribution in [-0.4, -0.2) is 21.9 Å². The van der Waals surface area contributed by atoms with E-state index in [0.717, 1.165) is 24.8 Å². The van der Waals surface area contributed by atoms with Crippen LogP contribution in [-0.2, 0) is 5.41 Å². The molecule has 1 aromatic rings. The van der Waals surface area contributed by atoms with Crippen molar-refractivity contribution in [2.75, 3.05) is 6.61 Å². The predicted molar refractivity (Wildman–Crippen MR) is 52.4 cm³/mol. The Kier molecular flexibility index (Phi) is 2.11. The molecule has 0 spiro atoms. The minimum atomic E-state index is -0.175. The van der Waals surface area contributed by atoms with E-state index in [9.17, 15) is 10.2 Å². The van der Waals surface area contributed by atoms with E-state index < -0.39 is 0 Å². The zero-order valence-corrected chi connectivity index (χ0v) is 7.90. The van der Waals surface area contributed by atoms with E-state index >= 15 is 0 Å². The zero-order chi connectivity index (χ0) is 10.2. The Morgan fingerprint density at radius 1 is 1.14 bits per heavy atom. The van der Waals surface area contributed by atoms with Crippen molar-refractivity contribution >= 4 is 0 Å². The number of hydrogen-bond donors (Lipinski definition) is 3.